The molecule has 2 atom stereocenters. The third-order valence-corrected chi connectivity index (χ3v) is 11.4. The maximum atomic E-state index is 15.6. The van der Waals surface area contributed by atoms with Gasteiger partial charge >= 0.3 is 6.18 Å². The molecule has 1 aromatic heterocycles. The monoisotopic (exact) mass is 525 g/mol. The molecule has 1 aromatic rings. The zero-order valence-electron chi connectivity index (χ0n) is 20.8. The average molecular weight is 526 g/mol. The predicted molar refractivity (Wildman–Crippen MR) is 125 cm³/mol. The summed E-state index contributed by atoms with van der Waals surface area (Å²) in [6.45, 7) is 11.0. The highest BCUT2D eigenvalue weighted by Crippen LogP contribution is 2.42. The normalized spacial score (nSPS) is 22.6. The molecule has 0 amide bonds. The quantitative estimate of drug-likeness (QED) is 0.305. The number of nitrogens with one attached hydrogen (secondary N) is 2. The van der Waals surface area contributed by atoms with E-state index in [1.54, 1.807) is 0 Å². The topological polar surface area (TPSA) is 72.0 Å². The molecule has 2 N–H and O–H groups in total. The van der Waals surface area contributed by atoms with Crippen LogP contribution in [0.5, 0.6) is 0 Å². The summed E-state index contributed by atoms with van der Waals surface area (Å²) in [5, 5.41) is 4.74. The van der Waals surface area contributed by atoms with E-state index in [0.29, 0.717) is 12.8 Å². The number of hydrogen-bond acceptors (Lipinski definition) is 6. The molecule has 0 radical (unpaired) electrons. The lowest BCUT2D eigenvalue weighted by molar-refractivity contribution is -0.138. The largest absolute Gasteiger partial charge is 0.408 e. The van der Waals surface area contributed by atoms with Crippen molar-refractivity contribution in [3.63, 3.8) is 0 Å². The summed E-state index contributed by atoms with van der Waals surface area (Å²) in [5.41, 5.74) is 0.132. The maximum absolute atomic E-state index is 15.6. The fourth-order valence-corrected chi connectivity index (χ4v) is 4.91. The highest BCUT2D eigenvalue weighted by atomic mass is 28.4. The zero-order chi connectivity index (χ0) is 26.4. The first kappa shape index (κ1) is 27.7. The second kappa shape index (κ2) is 9.53. The number of anilines is 2. The second-order valence-electron chi connectivity index (χ2n) is 10.9. The van der Waals surface area contributed by atoms with Crippen LogP contribution in [0.4, 0.5) is 38.2 Å². The molecule has 1 unspecified atom stereocenters. The van der Waals surface area contributed by atoms with E-state index in [1.807, 2.05) is 33.9 Å². The molecule has 2 aliphatic carbocycles. The van der Waals surface area contributed by atoms with Crippen LogP contribution in [0.15, 0.2) is 5.83 Å². The number of rotatable bonds is 7. The summed E-state index contributed by atoms with van der Waals surface area (Å²) in [6, 6.07) is -2.63. The Kier molecular flexibility index (Phi) is 7.54. The van der Waals surface area contributed by atoms with E-state index in [-0.39, 0.29) is 28.8 Å². The van der Waals surface area contributed by atoms with E-state index in [4.69, 9.17) is 4.43 Å². The molecule has 0 saturated heterocycles. The molecule has 2 aliphatic rings. The molecule has 0 aliphatic heterocycles. The highest BCUT2D eigenvalue weighted by Gasteiger charge is 2.46. The van der Waals surface area contributed by atoms with Crippen LogP contribution in [0.3, 0.4) is 0 Å². The Labute approximate surface area is 202 Å². The molecule has 6 nitrogen and oxygen atoms in total. The standard InChI is InChI=1S/C22H33F6N5OSi/c1-12(22(26,27)28)29-18-31-17(32-19(33-18)30-13-10-21(24,25)11-13)14-8-7-9-15(16(14)23)34-35(5,6)20(2,3)4/h12-13,15H,7-11H2,1-6H3,(H2,29,30,31,32,33)/t12-,15?/m1/s1. The van der Waals surface area contributed by atoms with Gasteiger partial charge in [0.1, 0.15) is 11.9 Å². The molecule has 0 aromatic carbocycles. The van der Waals surface area contributed by atoms with E-state index < -0.39 is 63.2 Å². The van der Waals surface area contributed by atoms with E-state index >= 15 is 4.39 Å². The van der Waals surface area contributed by atoms with Crippen LogP contribution in [0.1, 0.15) is 65.6 Å². The fraction of sp³-hybridized carbons (Fsp3) is 0.773. The van der Waals surface area contributed by atoms with Crippen molar-refractivity contribution in [3.8, 4) is 0 Å². The Hall–Kier alpha value is -1.89. The van der Waals surface area contributed by atoms with Crippen molar-refractivity contribution in [2.24, 2.45) is 0 Å². The minimum absolute atomic E-state index is 0.132. The molecule has 35 heavy (non-hydrogen) atoms. The van der Waals surface area contributed by atoms with Gasteiger partial charge in [-0.3, -0.25) is 0 Å². The minimum Gasteiger partial charge on any atom is -0.408 e. The van der Waals surface area contributed by atoms with Gasteiger partial charge < -0.3 is 15.1 Å². The SMILES string of the molecule is C[C@@H](Nc1nc(NC2CC(F)(F)C2)nc(C2=C(F)C(O[Si](C)(C)C(C)(C)C)CCC2)n1)C(F)(F)F. The van der Waals surface area contributed by atoms with Gasteiger partial charge in [-0.1, -0.05) is 20.8 Å². The van der Waals surface area contributed by atoms with Crippen LogP contribution in [0, 0.1) is 0 Å². The van der Waals surface area contributed by atoms with Gasteiger partial charge in [-0.05, 0) is 44.3 Å². The molecule has 1 heterocycles. The van der Waals surface area contributed by atoms with E-state index in [1.165, 1.54) is 0 Å². The Morgan fingerprint density at radius 3 is 2.20 bits per heavy atom. The number of allylic oxidation sites excluding steroid dienone is 1. The van der Waals surface area contributed by atoms with Crippen molar-refractivity contribution in [3.05, 3.63) is 11.7 Å². The Balaban J connectivity index is 1.94. The van der Waals surface area contributed by atoms with Crippen molar-refractivity contribution >= 4 is 25.8 Å². The summed E-state index contributed by atoms with van der Waals surface area (Å²) in [5.74, 6) is -4.10. The molecule has 1 fully saturated rings. The van der Waals surface area contributed by atoms with Gasteiger partial charge in [0, 0.05) is 24.5 Å². The first-order valence-corrected chi connectivity index (χ1v) is 14.6. The minimum atomic E-state index is -4.58. The number of hydrogen-bond donors (Lipinski definition) is 2. The third kappa shape index (κ3) is 6.66. The third-order valence-electron chi connectivity index (χ3n) is 6.87. The number of aromatic nitrogens is 3. The fourth-order valence-electron chi connectivity index (χ4n) is 3.63. The van der Waals surface area contributed by atoms with Crippen LogP contribution >= 0.6 is 0 Å². The van der Waals surface area contributed by atoms with E-state index in [0.717, 1.165) is 6.92 Å². The summed E-state index contributed by atoms with van der Waals surface area (Å²) < 4.78 is 87.7. The Morgan fingerprint density at radius 2 is 1.66 bits per heavy atom. The summed E-state index contributed by atoms with van der Waals surface area (Å²) >= 11 is 0. The molecular formula is C22H33F6N5OSi. The second-order valence-corrected chi connectivity index (χ2v) is 15.7. The van der Waals surface area contributed by atoms with Crippen molar-refractivity contribution in [2.45, 2.75) is 108 Å². The van der Waals surface area contributed by atoms with Gasteiger partial charge in [0.2, 0.25) is 11.9 Å². The van der Waals surface area contributed by atoms with Gasteiger partial charge in [-0.25, -0.2) is 13.2 Å². The molecule has 0 spiro atoms. The van der Waals surface area contributed by atoms with Crippen LogP contribution < -0.4 is 10.6 Å². The van der Waals surface area contributed by atoms with Crippen LogP contribution in [0.2, 0.25) is 18.1 Å². The zero-order valence-corrected chi connectivity index (χ0v) is 21.8. The van der Waals surface area contributed by atoms with E-state index in [9.17, 15) is 22.0 Å². The van der Waals surface area contributed by atoms with E-state index in [2.05, 4.69) is 25.6 Å². The summed E-state index contributed by atoms with van der Waals surface area (Å²) in [6.07, 6.45) is -4.97. The first-order valence-electron chi connectivity index (χ1n) is 11.7. The van der Waals surface area contributed by atoms with Crippen molar-refractivity contribution < 1.29 is 30.8 Å². The Morgan fingerprint density at radius 1 is 1.06 bits per heavy atom. The summed E-state index contributed by atoms with van der Waals surface area (Å²) in [4.78, 5) is 12.2. The maximum Gasteiger partial charge on any atom is 0.408 e. The number of nitrogens with zero attached hydrogens (tertiary/aromatic N) is 3. The molecule has 3 rings (SSSR count). The highest BCUT2D eigenvalue weighted by molar-refractivity contribution is 6.74. The number of alkyl halides is 5. The van der Waals surface area contributed by atoms with Crippen molar-refractivity contribution in [1.29, 1.82) is 0 Å². The molecule has 13 heteroatoms. The molecule has 198 valence electrons. The van der Waals surface area contributed by atoms with Crippen LogP contribution in [-0.2, 0) is 4.43 Å². The van der Waals surface area contributed by atoms with Gasteiger partial charge in [0.25, 0.3) is 5.92 Å². The lowest BCUT2D eigenvalue weighted by Gasteiger charge is -2.40. The van der Waals surface area contributed by atoms with Gasteiger partial charge in [-0.15, -0.1) is 0 Å². The Bertz CT molecular complexity index is 955. The van der Waals surface area contributed by atoms with Crippen LogP contribution in [0.25, 0.3) is 5.57 Å². The van der Waals surface area contributed by atoms with Gasteiger partial charge in [0.15, 0.2) is 14.1 Å². The van der Waals surface area contributed by atoms with Crippen molar-refractivity contribution in [2.75, 3.05) is 10.6 Å². The lowest BCUT2D eigenvalue weighted by Crippen LogP contribution is -2.45. The smallest absolute Gasteiger partial charge is 0.408 e. The number of halogens is 6. The molecule has 1 saturated carbocycles. The van der Waals surface area contributed by atoms with Gasteiger partial charge in [0.05, 0.1) is 6.10 Å². The molecular weight excluding hydrogens is 492 g/mol. The summed E-state index contributed by atoms with van der Waals surface area (Å²) in [7, 11) is -2.31. The average Bonchev–Trinajstić information content (AvgIpc) is 2.66. The lowest BCUT2D eigenvalue weighted by atomic mass is 9.88. The first-order chi connectivity index (χ1) is 15.9. The molecule has 0 bridgehead atoms. The van der Waals surface area contributed by atoms with Crippen LogP contribution in [-0.4, -0.2) is 53.6 Å². The van der Waals surface area contributed by atoms with Crippen molar-refractivity contribution in [1.82, 2.24) is 15.0 Å². The predicted octanol–water partition coefficient (Wildman–Crippen LogP) is 6.70. The van der Waals surface area contributed by atoms with Gasteiger partial charge in [-0.2, -0.15) is 28.1 Å².